The predicted octanol–water partition coefficient (Wildman–Crippen LogP) is 0.824. The van der Waals surface area contributed by atoms with Crippen LogP contribution < -0.4 is 5.32 Å². The Hall–Kier alpha value is -0.280. The Morgan fingerprint density at radius 2 is 2.31 bits per heavy atom. The molecule has 0 saturated heterocycles. The number of hydrogen-bond acceptors (Lipinski definition) is 2. The van der Waals surface area contributed by atoms with Gasteiger partial charge in [-0.05, 0) is 26.8 Å². The van der Waals surface area contributed by atoms with Gasteiger partial charge in [0.2, 0.25) is 5.91 Å². The van der Waals surface area contributed by atoms with Crippen LogP contribution in [0.4, 0.5) is 0 Å². The smallest absolute Gasteiger partial charge is 0.234 e. The van der Waals surface area contributed by atoms with Crippen LogP contribution in [0.1, 0.15) is 19.8 Å². The number of halogens is 1. The number of rotatable bonds is 5. The summed E-state index contributed by atoms with van der Waals surface area (Å²) in [6.07, 6.45) is 2.59. The summed E-state index contributed by atoms with van der Waals surface area (Å²) in [7, 11) is 2.11. The van der Waals surface area contributed by atoms with Crippen molar-refractivity contribution in [1.29, 1.82) is 0 Å². The van der Waals surface area contributed by atoms with Gasteiger partial charge in [0, 0.05) is 18.6 Å². The van der Waals surface area contributed by atoms with E-state index in [1.807, 2.05) is 0 Å². The number of carbonyl (C=O) groups is 1. The first-order chi connectivity index (χ1) is 6.15. The highest BCUT2D eigenvalue weighted by Gasteiger charge is 2.28. The van der Waals surface area contributed by atoms with E-state index in [2.05, 4.69) is 24.2 Å². The van der Waals surface area contributed by atoms with Crippen molar-refractivity contribution in [3.05, 3.63) is 0 Å². The molecule has 1 rings (SSSR count). The molecule has 0 aromatic rings. The van der Waals surface area contributed by atoms with Gasteiger partial charge in [-0.3, -0.25) is 9.69 Å². The minimum atomic E-state index is -0.0855. The molecule has 3 nitrogen and oxygen atoms in total. The highest BCUT2D eigenvalue weighted by atomic mass is 35.5. The van der Waals surface area contributed by atoms with Crippen molar-refractivity contribution in [1.82, 2.24) is 10.2 Å². The second-order valence-corrected chi connectivity index (χ2v) is 3.95. The highest BCUT2D eigenvalue weighted by Crippen LogP contribution is 2.26. The van der Waals surface area contributed by atoms with Crippen LogP contribution in [0.5, 0.6) is 0 Å². The minimum Gasteiger partial charge on any atom is -0.354 e. The topological polar surface area (TPSA) is 32.3 Å². The van der Waals surface area contributed by atoms with Gasteiger partial charge in [-0.2, -0.15) is 0 Å². The largest absolute Gasteiger partial charge is 0.354 e. The number of alkyl halides is 1. The number of carbonyl (C=O) groups excluding carboxylic acids is 1. The van der Waals surface area contributed by atoms with Crippen LogP contribution in [0, 0.1) is 0 Å². The third-order valence-electron chi connectivity index (χ3n) is 2.53. The summed E-state index contributed by atoms with van der Waals surface area (Å²) in [6.45, 7) is 2.81. The zero-order valence-corrected chi connectivity index (χ0v) is 8.97. The fourth-order valence-electron chi connectivity index (χ4n) is 1.29. The van der Waals surface area contributed by atoms with Gasteiger partial charge in [0.05, 0.1) is 0 Å². The van der Waals surface area contributed by atoms with E-state index in [9.17, 15) is 4.79 Å². The monoisotopic (exact) mass is 204 g/mol. The normalized spacial score (nSPS) is 18.8. The summed E-state index contributed by atoms with van der Waals surface area (Å²) in [4.78, 5) is 13.2. The lowest BCUT2D eigenvalue weighted by molar-refractivity contribution is -0.118. The SMILES string of the molecule is CC(CNC(=O)CCl)N(C)C1CC1. The molecule has 0 spiro atoms. The van der Waals surface area contributed by atoms with Crippen LogP contribution in [-0.2, 0) is 4.79 Å². The van der Waals surface area contributed by atoms with Gasteiger partial charge in [0.25, 0.3) is 0 Å². The van der Waals surface area contributed by atoms with Gasteiger partial charge in [-0.15, -0.1) is 11.6 Å². The van der Waals surface area contributed by atoms with Crippen molar-refractivity contribution in [2.75, 3.05) is 19.5 Å². The van der Waals surface area contributed by atoms with Gasteiger partial charge in [0.1, 0.15) is 5.88 Å². The van der Waals surface area contributed by atoms with Gasteiger partial charge in [-0.25, -0.2) is 0 Å². The Kier molecular flexibility index (Phi) is 4.00. The van der Waals surface area contributed by atoms with E-state index in [0.717, 1.165) is 6.04 Å². The van der Waals surface area contributed by atoms with E-state index in [-0.39, 0.29) is 11.8 Å². The molecule has 1 fully saturated rings. The van der Waals surface area contributed by atoms with Gasteiger partial charge in [0.15, 0.2) is 0 Å². The lowest BCUT2D eigenvalue weighted by Crippen LogP contribution is -2.41. The van der Waals surface area contributed by atoms with Crippen LogP contribution >= 0.6 is 11.6 Å². The average Bonchev–Trinajstić information content (AvgIpc) is 2.95. The molecule has 76 valence electrons. The maximum Gasteiger partial charge on any atom is 0.234 e. The maximum absolute atomic E-state index is 10.9. The van der Waals surface area contributed by atoms with Crippen molar-refractivity contribution in [2.45, 2.75) is 31.8 Å². The van der Waals surface area contributed by atoms with Crippen LogP contribution in [0.2, 0.25) is 0 Å². The lowest BCUT2D eigenvalue weighted by Gasteiger charge is -2.24. The molecule has 1 atom stereocenters. The van der Waals surface area contributed by atoms with Crippen LogP contribution in [0.3, 0.4) is 0 Å². The molecule has 1 aliphatic rings. The molecule has 13 heavy (non-hydrogen) atoms. The molecule has 0 aromatic carbocycles. The van der Waals surface area contributed by atoms with Crippen LogP contribution in [0.15, 0.2) is 0 Å². The van der Waals surface area contributed by atoms with Crippen molar-refractivity contribution < 1.29 is 4.79 Å². The quantitative estimate of drug-likeness (QED) is 0.673. The summed E-state index contributed by atoms with van der Waals surface area (Å²) in [5.41, 5.74) is 0. The maximum atomic E-state index is 10.9. The molecule has 1 amide bonds. The zero-order valence-electron chi connectivity index (χ0n) is 8.22. The minimum absolute atomic E-state index is 0.0554. The Balaban J connectivity index is 2.15. The third kappa shape index (κ3) is 3.53. The van der Waals surface area contributed by atoms with Crippen molar-refractivity contribution >= 4 is 17.5 Å². The molecule has 1 unspecified atom stereocenters. The number of nitrogens with zero attached hydrogens (tertiary/aromatic N) is 1. The van der Waals surface area contributed by atoms with Crippen molar-refractivity contribution in [3.63, 3.8) is 0 Å². The second kappa shape index (κ2) is 4.82. The molecule has 0 bridgehead atoms. The molecule has 1 saturated carbocycles. The summed E-state index contributed by atoms with van der Waals surface area (Å²) in [6, 6.07) is 1.14. The first kappa shape index (κ1) is 10.8. The van der Waals surface area contributed by atoms with Crippen molar-refractivity contribution in [3.8, 4) is 0 Å². The zero-order chi connectivity index (χ0) is 9.84. The number of amides is 1. The molecule has 0 radical (unpaired) electrons. The Bertz CT molecular complexity index is 182. The molecule has 0 aliphatic heterocycles. The molecule has 4 heteroatoms. The lowest BCUT2D eigenvalue weighted by atomic mass is 10.3. The fraction of sp³-hybridized carbons (Fsp3) is 0.889. The van der Waals surface area contributed by atoms with Gasteiger partial charge in [-0.1, -0.05) is 0 Å². The van der Waals surface area contributed by atoms with Crippen molar-refractivity contribution in [2.24, 2.45) is 0 Å². The fourth-order valence-corrected chi connectivity index (χ4v) is 1.39. The molecular formula is C9H17ClN2O. The molecule has 0 aromatic heterocycles. The predicted molar refractivity (Wildman–Crippen MR) is 54.0 cm³/mol. The Labute approximate surface area is 84.4 Å². The second-order valence-electron chi connectivity index (χ2n) is 3.68. The molecule has 0 heterocycles. The van der Waals surface area contributed by atoms with E-state index in [1.54, 1.807) is 0 Å². The molecule has 1 N–H and O–H groups in total. The molecular weight excluding hydrogens is 188 g/mol. The van der Waals surface area contributed by atoms with Gasteiger partial charge >= 0.3 is 0 Å². The third-order valence-corrected chi connectivity index (χ3v) is 2.78. The van der Waals surface area contributed by atoms with E-state index in [0.29, 0.717) is 12.6 Å². The first-order valence-electron chi connectivity index (χ1n) is 4.69. The Morgan fingerprint density at radius 1 is 1.69 bits per heavy atom. The summed E-state index contributed by atoms with van der Waals surface area (Å²) >= 11 is 5.36. The van der Waals surface area contributed by atoms with E-state index in [1.165, 1.54) is 12.8 Å². The first-order valence-corrected chi connectivity index (χ1v) is 5.23. The van der Waals surface area contributed by atoms with E-state index in [4.69, 9.17) is 11.6 Å². The average molecular weight is 205 g/mol. The highest BCUT2D eigenvalue weighted by molar-refractivity contribution is 6.27. The van der Waals surface area contributed by atoms with Crippen LogP contribution in [-0.4, -0.2) is 42.4 Å². The van der Waals surface area contributed by atoms with E-state index < -0.39 is 0 Å². The number of likely N-dealkylation sites (N-methyl/N-ethyl adjacent to an activating group) is 1. The Morgan fingerprint density at radius 3 is 2.77 bits per heavy atom. The standard InChI is InChI=1S/C9H17ClN2O/c1-7(6-11-9(13)5-10)12(2)8-3-4-8/h7-8H,3-6H2,1-2H3,(H,11,13). The van der Waals surface area contributed by atoms with Gasteiger partial charge < -0.3 is 5.32 Å². The summed E-state index contributed by atoms with van der Waals surface area (Å²) < 4.78 is 0. The van der Waals surface area contributed by atoms with E-state index >= 15 is 0 Å². The van der Waals surface area contributed by atoms with Crippen LogP contribution in [0.25, 0.3) is 0 Å². The number of hydrogen-bond donors (Lipinski definition) is 1. The number of nitrogens with one attached hydrogen (secondary N) is 1. The summed E-state index contributed by atoms with van der Waals surface area (Å²) in [5.74, 6) is -0.0300. The summed E-state index contributed by atoms with van der Waals surface area (Å²) in [5, 5.41) is 2.78. The molecule has 1 aliphatic carbocycles.